The first kappa shape index (κ1) is 28.0. The predicted molar refractivity (Wildman–Crippen MR) is 138 cm³/mol. The van der Waals surface area contributed by atoms with Crippen LogP contribution in [0.5, 0.6) is 0 Å². The van der Waals surface area contributed by atoms with E-state index in [1.54, 1.807) is 6.92 Å². The molecule has 2 aromatic rings. The summed E-state index contributed by atoms with van der Waals surface area (Å²) in [6.45, 7) is 5.84. The average Bonchev–Trinajstić information content (AvgIpc) is 2.77. The third-order valence-corrected chi connectivity index (χ3v) is 7.09. The van der Waals surface area contributed by atoms with Crippen LogP contribution in [0.15, 0.2) is 48.5 Å². The molecule has 34 heavy (non-hydrogen) atoms. The molecule has 2 amide bonds. The van der Waals surface area contributed by atoms with Crippen molar-refractivity contribution in [3.05, 3.63) is 64.1 Å². The van der Waals surface area contributed by atoms with E-state index in [0.717, 1.165) is 16.1 Å². The molecule has 1 N–H and O–H groups in total. The zero-order valence-corrected chi connectivity index (χ0v) is 22.1. The zero-order chi connectivity index (χ0) is 25.5. The van der Waals surface area contributed by atoms with Crippen molar-refractivity contribution >= 4 is 50.7 Å². The van der Waals surface area contributed by atoms with Gasteiger partial charge in [0.2, 0.25) is 21.8 Å². The number of sulfonamides is 1. The average molecular weight is 529 g/mol. The second kappa shape index (κ2) is 12.4. The molecule has 0 bridgehead atoms. The molecule has 0 saturated carbocycles. The summed E-state index contributed by atoms with van der Waals surface area (Å²) in [6.07, 6.45) is 1.52. The lowest BCUT2D eigenvalue weighted by atomic mass is 10.1. The van der Waals surface area contributed by atoms with Crippen LogP contribution in [0.25, 0.3) is 0 Å². The van der Waals surface area contributed by atoms with Crippen molar-refractivity contribution in [2.75, 3.05) is 30.2 Å². The summed E-state index contributed by atoms with van der Waals surface area (Å²) in [5, 5.41) is 3.29. The quantitative estimate of drug-likeness (QED) is 0.478. The van der Waals surface area contributed by atoms with Gasteiger partial charge in [0.15, 0.2) is 0 Å². The molecule has 7 nitrogen and oxygen atoms in total. The Labute approximate surface area is 212 Å². The maximum absolute atomic E-state index is 13.4. The van der Waals surface area contributed by atoms with Crippen LogP contribution in [0, 0.1) is 5.92 Å². The van der Waals surface area contributed by atoms with E-state index in [1.807, 2.05) is 44.2 Å². The Morgan fingerprint density at radius 2 is 1.65 bits per heavy atom. The van der Waals surface area contributed by atoms with E-state index in [1.165, 1.54) is 23.1 Å². The van der Waals surface area contributed by atoms with Gasteiger partial charge >= 0.3 is 0 Å². The summed E-state index contributed by atoms with van der Waals surface area (Å²) >= 11 is 12.0. The van der Waals surface area contributed by atoms with Crippen molar-refractivity contribution < 1.29 is 18.0 Å². The number of nitrogens with one attached hydrogen (secondary N) is 1. The van der Waals surface area contributed by atoms with Gasteiger partial charge < -0.3 is 10.2 Å². The number of anilines is 1. The van der Waals surface area contributed by atoms with Crippen molar-refractivity contribution in [1.29, 1.82) is 0 Å². The van der Waals surface area contributed by atoms with Crippen LogP contribution in [0.2, 0.25) is 10.0 Å². The van der Waals surface area contributed by atoms with E-state index in [2.05, 4.69) is 5.32 Å². The molecule has 10 heteroatoms. The van der Waals surface area contributed by atoms with Crippen LogP contribution in [-0.2, 0) is 26.0 Å². The number of amides is 2. The SMILES string of the molecule is CC(C)CNC(=O)C(C)N(CCc1ccccc1)C(=O)CN(c1ccc(Cl)c(Cl)c1)S(C)(=O)=O. The zero-order valence-electron chi connectivity index (χ0n) is 19.8. The first-order valence-corrected chi connectivity index (χ1v) is 13.5. The summed E-state index contributed by atoms with van der Waals surface area (Å²) in [7, 11) is -3.83. The third kappa shape index (κ3) is 8.18. The highest BCUT2D eigenvalue weighted by atomic mass is 35.5. The number of halogens is 2. The van der Waals surface area contributed by atoms with Crippen LogP contribution in [0.4, 0.5) is 5.69 Å². The normalized spacial score (nSPS) is 12.3. The van der Waals surface area contributed by atoms with Gasteiger partial charge in [0.1, 0.15) is 12.6 Å². The molecule has 0 aliphatic rings. The predicted octanol–water partition coefficient (Wildman–Crippen LogP) is 3.99. The van der Waals surface area contributed by atoms with Gasteiger partial charge in [-0.05, 0) is 43.0 Å². The van der Waals surface area contributed by atoms with E-state index in [4.69, 9.17) is 23.2 Å². The van der Waals surface area contributed by atoms with Crippen LogP contribution in [0.3, 0.4) is 0 Å². The number of hydrogen-bond acceptors (Lipinski definition) is 4. The Bertz CT molecular complexity index is 1090. The highest BCUT2D eigenvalue weighted by Crippen LogP contribution is 2.28. The number of carbonyl (C=O) groups excluding carboxylic acids is 2. The molecular formula is C24H31Cl2N3O4S. The minimum absolute atomic E-state index is 0.169. The molecule has 0 spiro atoms. The fourth-order valence-electron chi connectivity index (χ4n) is 3.28. The minimum atomic E-state index is -3.83. The lowest BCUT2D eigenvalue weighted by Crippen LogP contribution is -2.52. The second-order valence-corrected chi connectivity index (χ2v) is 11.2. The van der Waals surface area contributed by atoms with Crippen LogP contribution >= 0.6 is 23.2 Å². The molecule has 2 rings (SSSR count). The van der Waals surface area contributed by atoms with Crippen molar-refractivity contribution in [1.82, 2.24) is 10.2 Å². The topological polar surface area (TPSA) is 86.8 Å². The summed E-state index contributed by atoms with van der Waals surface area (Å²) in [6, 6.07) is 13.1. The molecule has 0 heterocycles. The Morgan fingerprint density at radius 3 is 2.21 bits per heavy atom. The van der Waals surface area contributed by atoms with E-state index in [-0.39, 0.29) is 34.1 Å². The fraction of sp³-hybridized carbons (Fsp3) is 0.417. The second-order valence-electron chi connectivity index (χ2n) is 8.51. The molecule has 0 aromatic heterocycles. The Morgan fingerprint density at radius 1 is 1.00 bits per heavy atom. The lowest BCUT2D eigenvalue weighted by molar-refractivity contribution is -0.138. The molecule has 0 aliphatic carbocycles. The van der Waals surface area contributed by atoms with Gasteiger partial charge in [0, 0.05) is 13.1 Å². The monoisotopic (exact) mass is 527 g/mol. The van der Waals surface area contributed by atoms with Crippen molar-refractivity contribution in [3.8, 4) is 0 Å². The van der Waals surface area contributed by atoms with Gasteiger partial charge in [-0.2, -0.15) is 0 Å². The summed E-state index contributed by atoms with van der Waals surface area (Å²) in [5.74, 6) is -0.546. The molecule has 0 aliphatic heterocycles. The molecule has 2 aromatic carbocycles. The van der Waals surface area contributed by atoms with Gasteiger partial charge in [0.05, 0.1) is 22.0 Å². The first-order chi connectivity index (χ1) is 15.9. The maximum Gasteiger partial charge on any atom is 0.244 e. The van der Waals surface area contributed by atoms with Gasteiger partial charge in [-0.15, -0.1) is 0 Å². The van der Waals surface area contributed by atoms with Gasteiger partial charge in [-0.3, -0.25) is 13.9 Å². The van der Waals surface area contributed by atoms with E-state index in [9.17, 15) is 18.0 Å². The highest BCUT2D eigenvalue weighted by Gasteiger charge is 2.30. The molecule has 1 atom stereocenters. The maximum atomic E-state index is 13.4. The molecule has 0 saturated heterocycles. The molecular weight excluding hydrogens is 497 g/mol. The standard InChI is InChI=1S/C24H31Cl2N3O4S/c1-17(2)15-27-24(31)18(3)28(13-12-19-8-6-5-7-9-19)23(30)16-29(34(4,32)33)20-10-11-21(25)22(26)14-20/h5-11,14,17-18H,12-13,15-16H2,1-4H3,(H,27,31). The fourth-order valence-corrected chi connectivity index (χ4v) is 4.41. The van der Waals surface area contributed by atoms with Crippen LogP contribution in [0.1, 0.15) is 26.3 Å². The molecule has 0 radical (unpaired) electrons. The molecule has 186 valence electrons. The van der Waals surface area contributed by atoms with Crippen LogP contribution < -0.4 is 9.62 Å². The Kier molecular flexibility index (Phi) is 10.2. The van der Waals surface area contributed by atoms with Crippen molar-refractivity contribution in [2.45, 2.75) is 33.2 Å². The summed E-state index contributed by atoms with van der Waals surface area (Å²) in [4.78, 5) is 27.6. The van der Waals surface area contributed by atoms with Crippen molar-refractivity contribution in [3.63, 3.8) is 0 Å². The smallest absolute Gasteiger partial charge is 0.244 e. The number of hydrogen-bond donors (Lipinski definition) is 1. The summed E-state index contributed by atoms with van der Waals surface area (Å²) in [5.41, 5.74) is 1.21. The minimum Gasteiger partial charge on any atom is -0.354 e. The number of benzene rings is 2. The highest BCUT2D eigenvalue weighted by molar-refractivity contribution is 7.92. The van der Waals surface area contributed by atoms with Crippen LogP contribution in [-0.4, -0.2) is 57.1 Å². The Hall–Kier alpha value is -2.29. The van der Waals surface area contributed by atoms with Crippen molar-refractivity contribution in [2.24, 2.45) is 5.92 Å². The summed E-state index contributed by atoms with van der Waals surface area (Å²) < 4.78 is 26.1. The first-order valence-electron chi connectivity index (χ1n) is 10.9. The van der Waals surface area contributed by atoms with E-state index in [0.29, 0.717) is 13.0 Å². The Balaban J connectivity index is 2.31. The molecule has 0 fully saturated rings. The number of carbonyl (C=O) groups is 2. The number of rotatable bonds is 11. The number of nitrogens with zero attached hydrogens (tertiary/aromatic N) is 2. The van der Waals surface area contributed by atoms with E-state index < -0.39 is 28.5 Å². The third-order valence-electron chi connectivity index (χ3n) is 5.21. The molecule has 1 unspecified atom stereocenters. The lowest BCUT2D eigenvalue weighted by Gasteiger charge is -2.31. The van der Waals surface area contributed by atoms with Gasteiger partial charge in [-0.1, -0.05) is 67.4 Å². The van der Waals surface area contributed by atoms with Gasteiger partial charge in [0.25, 0.3) is 0 Å². The van der Waals surface area contributed by atoms with E-state index >= 15 is 0 Å². The van der Waals surface area contributed by atoms with Gasteiger partial charge in [-0.25, -0.2) is 8.42 Å². The largest absolute Gasteiger partial charge is 0.354 e.